The van der Waals surface area contributed by atoms with Crippen LogP contribution in [-0.2, 0) is 11.2 Å². The summed E-state index contributed by atoms with van der Waals surface area (Å²) >= 11 is 1.37. The number of benzene rings is 1. The van der Waals surface area contributed by atoms with E-state index in [1.165, 1.54) is 31.0 Å². The summed E-state index contributed by atoms with van der Waals surface area (Å²) in [7, 11) is 1.50. The van der Waals surface area contributed by atoms with E-state index in [0.29, 0.717) is 16.2 Å². The van der Waals surface area contributed by atoms with Gasteiger partial charge in [0.05, 0.1) is 17.9 Å². The molecule has 0 saturated heterocycles. The monoisotopic (exact) mass is 258 g/mol. The zero-order valence-corrected chi connectivity index (χ0v) is 10.8. The number of thioether (sulfide) groups is 1. The number of ether oxygens (including phenoxy) is 1. The van der Waals surface area contributed by atoms with Crippen LogP contribution in [0.2, 0.25) is 0 Å². The highest BCUT2D eigenvalue weighted by Gasteiger charge is 2.17. The average molecular weight is 258 g/mol. The fourth-order valence-corrected chi connectivity index (χ4v) is 2.21. The van der Waals surface area contributed by atoms with Gasteiger partial charge in [-0.3, -0.25) is 4.79 Å². The molecule has 1 rings (SSSR count). The highest BCUT2D eigenvalue weighted by Crippen LogP contribution is 2.33. The van der Waals surface area contributed by atoms with Crippen LogP contribution in [0.4, 0.5) is 4.39 Å². The van der Waals surface area contributed by atoms with Crippen LogP contribution in [0.3, 0.4) is 0 Å². The number of carbonyl (C=O) groups is 1. The normalized spacial score (nSPS) is 12.2. The number of aliphatic carboxylic acids is 1. The second-order valence-corrected chi connectivity index (χ2v) is 4.59. The first-order valence-corrected chi connectivity index (χ1v) is 6.35. The molecule has 1 aromatic carbocycles. The van der Waals surface area contributed by atoms with Gasteiger partial charge in [0.2, 0.25) is 0 Å². The van der Waals surface area contributed by atoms with Crippen LogP contribution in [0.15, 0.2) is 17.0 Å². The van der Waals surface area contributed by atoms with Crippen molar-refractivity contribution < 1.29 is 19.0 Å². The maximum atomic E-state index is 13.4. The van der Waals surface area contributed by atoms with Crippen LogP contribution in [-0.4, -0.2) is 24.4 Å². The minimum absolute atomic E-state index is 0.254. The fraction of sp³-hybridized carbons (Fsp3) is 0.417. The van der Waals surface area contributed by atoms with Crippen molar-refractivity contribution in [3.8, 4) is 5.75 Å². The smallest absolute Gasteiger partial charge is 0.306 e. The molecule has 0 heterocycles. The Kier molecular flexibility index (Phi) is 4.81. The van der Waals surface area contributed by atoms with Crippen molar-refractivity contribution in [1.29, 1.82) is 0 Å². The van der Waals surface area contributed by atoms with Crippen molar-refractivity contribution in [1.82, 2.24) is 0 Å². The summed E-state index contributed by atoms with van der Waals surface area (Å²) < 4.78 is 18.6. The minimum Gasteiger partial charge on any atom is -0.495 e. The second-order valence-electron chi connectivity index (χ2n) is 3.74. The molecule has 0 fully saturated rings. The Morgan fingerprint density at radius 1 is 1.59 bits per heavy atom. The second kappa shape index (κ2) is 5.91. The molecule has 1 aromatic rings. The maximum absolute atomic E-state index is 13.4. The maximum Gasteiger partial charge on any atom is 0.306 e. The molecule has 0 aromatic heterocycles. The molecule has 1 atom stereocenters. The minimum atomic E-state index is -0.901. The fourth-order valence-electron chi connectivity index (χ4n) is 1.57. The summed E-state index contributed by atoms with van der Waals surface area (Å²) in [6.07, 6.45) is 2.07. The van der Waals surface area contributed by atoms with E-state index in [0.717, 1.165) is 0 Å². The largest absolute Gasteiger partial charge is 0.495 e. The highest BCUT2D eigenvalue weighted by atomic mass is 32.2. The predicted octanol–water partition coefficient (Wildman–Crippen LogP) is 2.82. The Hall–Kier alpha value is -1.23. The van der Waals surface area contributed by atoms with Gasteiger partial charge < -0.3 is 9.84 Å². The molecule has 1 unspecified atom stereocenters. The van der Waals surface area contributed by atoms with Gasteiger partial charge in [-0.05, 0) is 30.4 Å². The molecule has 0 amide bonds. The molecule has 0 bridgehead atoms. The lowest BCUT2D eigenvalue weighted by atomic mass is 10.0. The lowest BCUT2D eigenvalue weighted by Gasteiger charge is -2.14. The van der Waals surface area contributed by atoms with Crippen LogP contribution in [0.5, 0.6) is 5.75 Å². The predicted molar refractivity (Wildman–Crippen MR) is 65.2 cm³/mol. The van der Waals surface area contributed by atoms with Crippen molar-refractivity contribution in [3.63, 3.8) is 0 Å². The Balaban J connectivity index is 3.12. The van der Waals surface area contributed by atoms with Crippen molar-refractivity contribution in [2.45, 2.75) is 18.2 Å². The first kappa shape index (κ1) is 13.8. The van der Waals surface area contributed by atoms with Crippen molar-refractivity contribution in [3.05, 3.63) is 23.5 Å². The topological polar surface area (TPSA) is 46.5 Å². The van der Waals surface area contributed by atoms with E-state index in [4.69, 9.17) is 9.84 Å². The summed E-state index contributed by atoms with van der Waals surface area (Å²) in [4.78, 5) is 11.5. The first-order chi connectivity index (χ1) is 7.99. The molecule has 3 nitrogen and oxygen atoms in total. The zero-order chi connectivity index (χ0) is 13.0. The van der Waals surface area contributed by atoms with Crippen LogP contribution in [0, 0.1) is 11.7 Å². The van der Waals surface area contributed by atoms with E-state index in [9.17, 15) is 9.18 Å². The zero-order valence-electron chi connectivity index (χ0n) is 9.99. The number of hydrogen-bond donors (Lipinski definition) is 1. The quantitative estimate of drug-likeness (QED) is 0.825. The third-order valence-electron chi connectivity index (χ3n) is 2.47. The van der Waals surface area contributed by atoms with Gasteiger partial charge in [0.15, 0.2) is 0 Å². The molecule has 0 aliphatic carbocycles. The lowest BCUT2D eigenvalue weighted by Crippen LogP contribution is -2.13. The Morgan fingerprint density at radius 2 is 2.24 bits per heavy atom. The number of carboxylic acid groups (broad SMARTS) is 1. The van der Waals surface area contributed by atoms with Crippen LogP contribution in [0.25, 0.3) is 0 Å². The van der Waals surface area contributed by atoms with Gasteiger partial charge in [-0.1, -0.05) is 6.92 Å². The van der Waals surface area contributed by atoms with E-state index in [-0.39, 0.29) is 12.2 Å². The van der Waals surface area contributed by atoms with Crippen LogP contribution >= 0.6 is 11.8 Å². The van der Waals surface area contributed by atoms with Crippen molar-refractivity contribution >= 4 is 17.7 Å². The first-order valence-electron chi connectivity index (χ1n) is 5.12. The molecule has 0 aliphatic heterocycles. The number of methoxy groups -OCH3 is 1. The Bertz CT molecular complexity index is 420. The number of hydrogen-bond acceptors (Lipinski definition) is 3. The number of carboxylic acids is 1. The molecule has 0 spiro atoms. The van der Waals surface area contributed by atoms with E-state index < -0.39 is 11.9 Å². The van der Waals surface area contributed by atoms with Crippen LogP contribution < -0.4 is 4.74 Å². The third kappa shape index (κ3) is 3.36. The summed E-state index contributed by atoms with van der Waals surface area (Å²) in [5.74, 6) is -1.28. The van der Waals surface area contributed by atoms with Gasteiger partial charge >= 0.3 is 5.97 Å². The molecular weight excluding hydrogens is 243 g/mol. The van der Waals surface area contributed by atoms with E-state index >= 15 is 0 Å². The SMILES string of the molecule is COc1c(CC(C)C(=O)O)cc(F)cc1SC. The molecule has 17 heavy (non-hydrogen) atoms. The van der Waals surface area contributed by atoms with Crippen molar-refractivity contribution in [2.24, 2.45) is 5.92 Å². The number of rotatable bonds is 5. The van der Waals surface area contributed by atoms with Crippen LogP contribution in [0.1, 0.15) is 12.5 Å². The van der Waals surface area contributed by atoms with Gasteiger partial charge in [-0.2, -0.15) is 0 Å². The summed E-state index contributed by atoms with van der Waals surface area (Å²) in [6.45, 7) is 1.59. The molecule has 94 valence electrons. The van der Waals surface area contributed by atoms with Gasteiger partial charge in [-0.25, -0.2) is 4.39 Å². The summed E-state index contributed by atoms with van der Waals surface area (Å²) in [5, 5.41) is 8.86. The molecule has 5 heteroatoms. The lowest BCUT2D eigenvalue weighted by molar-refractivity contribution is -0.141. The van der Waals surface area contributed by atoms with Gasteiger partial charge in [-0.15, -0.1) is 11.8 Å². The van der Waals surface area contributed by atoms with Gasteiger partial charge in [0, 0.05) is 0 Å². The number of halogens is 1. The Morgan fingerprint density at radius 3 is 2.71 bits per heavy atom. The molecule has 0 aliphatic rings. The van der Waals surface area contributed by atoms with Crippen molar-refractivity contribution in [2.75, 3.05) is 13.4 Å². The molecule has 0 saturated carbocycles. The summed E-state index contributed by atoms with van der Waals surface area (Å²) in [5.41, 5.74) is 0.590. The molecule has 0 radical (unpaired) electrons. The highest BCUT2D eigenvalue weighted by molar-refractivity contribution is 7.98. The molecular formula is C12H15FO3S. The van der Waals surface area contributed by atoms with E-state index in [1.54, 1.807) is 6.92 Å². The Labute approximate surface area is 104 Å². The van der Waals surface area contributed by atoms with Gasteiger partial charge in [0.25, 0.3) is 0 Å². The van der Waals surface area contributed by atoms with Gasteiger partial charge in [0.1, 0.15) is 11.6 Å². The molecule has 1 N–H and O–H groups in total. The third-order valence-corrected chi connectivity index (χ3v) is 3.21. The summed E-state index contributed by atoms with van der Waals surface area (Å²) in [6, 6.07) is 2.72. The van der Waals surface area contributed by atoms with E-state index in [2.05, 4.69) is 0 Å². The standard InChI is InChI=1S/C12H15FO3S/c1-7(12(14)15)4-8-5-9(13)6-10(17-3)11(8)16-2/h5-7H,4H2,1-3H3,(H,14,15). The van der Waals surface area contributed by atoms with E-state index in [1.807, 2.05) is 6.26 Å². The average Bonchev–Trinajstić information content (AvgIpc) is 2.27.